The van der Waals surface area contributed by atoms with Crippen molar-refractivity contribution in [3.63, 3.8) is 0 Å². The second kappa shape index (κ2) is 8.00. The van der Waals surface area contributed by atoms with Gasteiger partial charge in [0, 0.05) is 37.4 Å². The van der Waals surface area contributed by atoms with E-state index in [4.69, 9.17) is 9.72 Å². The first-order valence-electron chi connectivity index (χ1n) is 10.4. The average molecular weight is 417 g/mol. The van der Waals surface area contributed by atoms with Gasteiger partial charge >= 0.3 is 0 Å². The molecule has 7 heteroatoms. The van der Waals surface area contributed by atoms with Crippen molar-refractivity contribution in [1.29, 1.82) is 0 Å². The summed E-state index contributed by atoms with van der Waals surface area (Å²) >= 11 is 0. The first kappa shape index (κ1) is 19.5. The summed E-state index contributed by atoms with van der Waals surface area (Å²) in [5, 5.41) is 7.52. The summed E-state index contributed by atoms with van der Waals surface area (Å²) in [5.74, 6) is 0.0844. The quantitative estimate of drug-likeness (QED) is 0.540. The SMILES string of the molecule is COc1cccc(F)c1-c1ccc2[nH]nc(-c3ccc(N4CCN(C)CC4)cc3)c2n1. The number of halogens is 1. The molecule has 1 saturated heterocycles. The van der Waals surface area contributed by atoms with Crippen LogP contribution in [-0.2, 0) is 0 Å². The normalized spacial score (nSPS) is 14.9. The van der Waals surface area contributed by atoms with E-state index in [0.29, 0.717) is 22.5 Å². The molecule has 158 valence electrons. The maximum atomic E-state index is 14.6. The number of H-pyrrole nitrogens is 1. The Morgan fingerprint density at radius 2 is 1.74 bits per heavy atom. The Labute approximate surface area is 180 Å². The van der Waals surface area contributed by atoms with E-state index in [9.17, 15) is 4.39 Å². The number of aromatic nitrogens is 3. The minimum atomic E-state index is -0.368. The first-order valence-corrected chi connectivity index (χ1v) is 10.4. The zero-order valence-corrected chi connectivity index (χ0v) is 17.6. The van der Waals surface area contributed by atoms with E-state index in [1.165, 1.54) is 18.9 Å². The van der Waals surface area contributed by atoms with E-state index in [-0.39, 0.29) is 5.82 Å². The summed E-state index contributed by atoms with van der Waals surface area (Å²) < 4.78 is 19.9. The fourth-order valence-corrected chi connectivity index (χ4v) is 4.06. The van der Waals surface area contributed by atoms with Gasteiger partial charge in [-0.1, -0.05) is 18.2 Å². The Bertz CT molecular complexity index is 1210. The average Bonchev–Trinajstić information content (AvgIpc) is 3.23. The number of pyridine rings is 1. The molecule has 0 unspecified atom stereocenters. The lowest BCUT2D eigenvalue weighted by atomic mass is 10.1. The number of nitrogens with zero attached hydrogens (tertiary/aromatic N) is 4. The molecule has 6 nitrogen and oxygen atoms in total. The smallest absolute Gasteiger partial charge is 0.136 e. The topological polar surface area (TPSA) is 57.3 Å². The minimum absolute atomic E-state index is 0.351. The first-order chi connectivity index (χ1) is 15.1. The Morgan fingerprint density at radius 3 is 2.48 bits per heavy atom. The van der Waals surface area contributed by atoms with Gasteiger partial charge < -0.3 is 14.5 Å². The van der Waals surface area contributed by atoms with Crippen LogP contribution in [0.4, 0.5) is 10.1 Å². The van der Waals surface area contributed by atoms with Crippen LogP contribution in [0.1, 0.15) is 0 Å². The highest BCUT2D eigenvalue weighted by molar-refractivity contribution is 5.91. The fourth-order valence-electron chi connectivity index (χ4n) is 4.06. The van der Waals surface area contributed by atoms with Crippen molar-refractivity contribution >= 4 is 16.7 Å². The molecule has 2 aromatic carbocycles. The predicted molar refractivity (Wildman–Crippen MR) is 121 cm³/mol. The molecule has 31 heavy (non-hydrogen) atoms. The number of likely N-dealkylation sites (N-methyl/N-ethyl adjacent to an activating group) is 1. The van der Waals surface area contributed by atoms with Crippen molar-refractivity contribution in [1.82, 2.24) is 20.1 Å². The molecule has 0 atom stereocenters. The van der Waals surface area contributed by atoms with Crippen molar-refractivity contribution in [2.45, 2.75) is 0 Å². The van der Waals surface area contributed by atoms with E-state index >= 15 is 0 Å². The standard InChI is InChI=1S/C24H24FN5O/c1-29-12-14-30(15-13-29)17-8-6-16(7-9-17)23-24-20(27-28-23)11-10-19(26-24)22-18(25)4-3-5-21(22)31-2/h3-11H,12-15H2,1-2H3,(H,27,28). The van der Waals surface area contributed by atoms with Crippen molar-refractivity contribution < 1.29 is 9.13 Å². The summed E-state index contributed by atoms with van der Waals surface area (Å²) in [4.78, 5) is 9.48. The van der Waals surface area contributed by atoms with Crippen molar-refractivity contribution in [2.75, 3.05) is 45.2 Å². The molecular weight excluding hydrogens is 393 g/mol. The van der Waals surface area contributed by atoms with Crippen molar-refractivity contribution in [3.05, 3.63) is 60.4 Å². The number of anilines is 1. The Hall–Kier alpha value is -3.45. The molecule has 0 bridgehead atoms. The zero-order chi connectivity index (χ0) is 21.4. The second-order valence-electron chi connectivity index (χ2n) is 7.82. The van der Waals surface area contributed by atoms with Crippen LogP contribution < -0.4 is 9.64 Å². The number of aromatic amines is 1. The van der Waals surface area contributed by atoms with Gasteiger partial charge in [0.05, 0.1) is 23.9 Å². The van der Waals surface area contributed by atoms with Crippen LogP contribution in [0.3, 0.4) is 0 Å². The summed E-state index contributed by atoms with van der Waals surface area (Å²) in [6.45, 7) is 4.18. The van der Waals surface area contributed by atoms with Crippen LogP contribution in [0.25, 0.3) is 33.5 Å². The highest BCUT2D eigenvalue weighted by Gasteiger charge is 2.18. The molecule has 5 rings (SSSR count). The number of fused-ring (bicyclic) bond motifs is 1. The van der Waals surface area contributed by atoms with Gasteiger partial charge in [-0.05, 0) is 43.4 Å². The molecule has 1 N–H and O–H groups in total. The van der Waals surface area contributed by atoms with E-state index in [1.807, 2.05) is 6.07 Å². The molecule has 0 saturated carbocycles. The van der Waals surface area contributed by atoms with Gasteiger partial charge in [0.1, 0.15) is 22.8 Å². The third-order valence-electron chi connectivity index (χ3n) is 5.87. The van der Waals surface area contributed by atoms with Gasteiger partial charge in [-0.2, -0.15) is 5.10 Å². The molecule has 3 heterocycles. The summed E-state index contributed by atoms with van der Waals surface area (Å²) in [6.07, 6.45) is 0. The molecule has 0 aliphatic carbocycles. The maximum absolute atomic E-state index is 14.6. The molecule has 1 aliphatic rings. The Balaban J connectivity index is 1.51. The number of hydrogen-bond acceptors (Lipinski definition) is 5. The van der Waals surface area contributed by atoms with Crippen LogP contribution in [0.2, 0.25) is 0 Å². The van der Waals surface area contributed by atoms with Crippen LogP contribution in [0, 0.1) is 5.82 Å². The van der Waals surface area contributed by atoms with E-state index in [0.717, 1.165) is 43.0 Å². The number of rotatable bonds is 4. The molecule has 1 fully saturated rings. The van der Waals surface area contributed by atoms with Gasteiger partial charge in [0.2, 0.25) is 0 Å². The van der Waals surface area contributed by atoms with Gasteiger partial charge in [-0.25, -0.2) is 9.37 Å². The lowest BCUT2D eigenvalue weighted by molar-refractivity contribution is 0.313. The number of ether oxygens (including phenoxy) is 1. The van der Waals surface area contributed by atoms with Crippen molar-refractivity contribution in [2.24, 2.45) is 0 Å². The Morgan fingerprint density at radius 1 is 0.968 bits per heavy atom. The van der Waals surface area contributed by atoms with Crippen LogP contribution >= 0.6 is 0 Å². The monoisotopic (exact) mass is 417 g/mol. The fraction of sp³-hybridized carbons (Fsp3) is 0.250. The minimum Gasteiger partial charge on any atom is -0.496 e. The van der Waals surface area contributed by atoms with Gasteiger partial charge in [0.15, 0.2) is 0 Å². The number of nitrogens with one attached hydrogen (secondary N) is 1. The second-order valence-corrected chi connectivity index (χ2v) is 7.82. The van der Waals surface area contributed by atoms with Crippen molar-refractivity contribution in [3.8, 4) is 28.3 Å². The third-order valence-corrected chi connectivity index (χ3v) is 5.87. The zero-order valence-electron chi connectivity index (χ0n) is 17.6. The highest BCUT2D eigenvalue weighted by Crippen LogP contribution is 2.34. The largest absolute Gasteiger partial charge is 0.496 e. The van der Waals surface area contributed by atoms with Gasteiger partial charge in [0.25, 0.3) is 0 Å². The van der Waals surface area contributed by atoms with E-state index in [1.54, 1.807) is 18.2 Å². The van der Waals surface area contributed by atoms with E-state index in [2.05, 4.69) is 51.3 Å². The summed E-state index contributed by atoms with van der Waals surface area (Å²) in [5.41, 5.74) is 5.30. The molecule has 0 amide bonds. The predicted octanol–water partition coefficient (Wildman–Crippen LogP) is 4.19. The molecular formula is C24H24FN5O. The van der Waals surface area contributed by atoms with Crippen LogP contribution in [-0.4, -0.2) is 60.4 Å². The number of hydrogen-bond donors (Lipinski definition) is 1. The highest BCUT2D eigenvalue weighted by atomic mass is 19.1. The lowest BCUT2D eigenvalue weighted by Crippen LogP contribution is -2.44. The lowest BCUT2D eigenvalue weighted by Gasteiger charge is -2.34. The van der Waals surface area contributed by atoms with E-state index < -0.39 is 0 Å². The number of piperazine rings is 1. The maximum Gasteiger partial charge on any atom is 0.136 e. The number of methoxy groups -OCH3 is 1. The Kier molecular flexibility index (Phi) is 5.03. The van der Waals surface area contributed by atoms with Crippen LogP contribution in [0.15, 0.2) is 54.6 Å². The third kappa shape index (κ3) is 3.61. The van der Waals surface area contributed by atoms with Gasteiger partial charge in [-0.3, -0.25) is 5.10 Å². The molecule has 1 aliphatic heterocycles. The van der Waals surface area contributed by atoms with Crippen LogP contribution in [0.5, 0.6) is 5.75 Å². The number of benzene rings is 2. The molecule has 0 spiro atoms. The molecule has 0 radical (unpaired) electrons. The molecule has 2 aromatic heterocycles. The molecule has 4 aromatic rings. The summed E-state index contributed by atoms with van der Waals surface area (Å²) in [6, 6.07) is 16.8. The van der Waals surface area contributed by atoms with Gasteiger partial charge in [-0.15, -0.1) is 0 Å². The summed E-state index contributed by atoms with van der Waals surface area (Å²) in [7, 11) is 3.68.